The first-order chi connectivity index (χ1) is 6.79. The molecule has 14 heavy (non-hydrogen) atoms. The van der Waals surface area contributed by atoms with Crippen LogP contribution < -0.4 is 5.32 Å². The van der Waals surface area contributed by atoms with Crippen LogP contribution in [0.25, 0.3) is 0 Å². The molecule has 0 aromatic carbocycles. The van der Waals surface area contributed by atoms with E-state index in [4.69, 9.17) is 0 Å². The van der Waals surface area contributed by atoms with E-state index in [-0.39, 0.29) is 0 Å². The molecule has 2 saturated carbocycles. The normalized spacial score (nSPS) is 35.1. The van der Waals surface area contributed by atoms with Gasteiger partial charge in [0.2, 0.25) is 0 Å². The lowest BCUT2D eigenvalue weighted by Crippen LogP contribution is -2.27. The minimum atomic E-state index is 0.985. The van der Waals surface area contributed by atoms with Gasteiger partial charge in [0.1, 0.15) is 0 Å². The Hall–Kier alpha value is -0.300. The van der Waals surface area contributed by atoms with E-state index in [9.17, 15) is 0 Å². The van der Waals surface area contributed by atoms with Crippen molar-refractivity contribution < 1.29 is 0 Å². The second kappa shape index (κ2) is 4.48. The van der Waals surface area contributed by atoms with Gasteiger partial charge in [-0.15, -0.1) is 0 Å². The van der Waals surface area contributed by atoms with Gasteiger partial charge in [-0.3, -0.25) is 0 Å². The number of rotatable bonds is 5. The zero-order valence-electron chi connectivity index (χ0n) is 9.39. The predicted molar refractivity (Wildman–Crippen MR) is 61.2 cm³/mol. The van der Waals surface area contributed by atoms with Crippen molar-refractivity contribution in [1.29, 1.82) is 0 Å². The van der Waals surface area contributed by atoms with Gasteiger partial charge in [0.25, 0.3) is 0 Å². The molecule has 0 heterocycles. The molecule has 2 fully saturated rings. The van der Waals surface area contributed by atoms with E-state index in [0.29, 0.717) is 0 Å². The molecule has 0 spiro atoms. The van der Waals surface area contributed by atoms with E-state index in [2.05, 4.69) is 18.8 Å². The maximum atomic E-state index is 4.02. The van der Waals surface area contributed by atoms with E-state index >= 15 is 0 Å². The van der Waals surface area contributed by atoms with Crippen molar-refractivity contribution in [3.8, 4) is 0 Å². The molecule has 2 bridgehead atoms. The van der Waals surface area contributed by atoms with Crippen molar-refractivity contribution in [1.82, 2.24) is 5.32 Å². The van der Waals surface area contributed by atoms with Crippen molar-refractivity contribution in [2.24, 2.45) is 17.8 Å². The molecular weight excluding hydrogens is 170 g/mol. The van der Waals surface area contributed by atoms with Crippen molar-refractivity contribution in [2.45, 2.75) is 39.0 Å². The number of hydrogen-bond donors (Lipinski definition) is 1. The Balaban J connectivity index is 1.64. The molecule has 1 N–H and O–H groups in total. The Morgan fingerprint density at radius 1 is 1.36 bits per heavy atom. The average Bonchev–Trinajstić information content (AvgIpc) is 2.79. The lowest BCUT2D eigenvalue weighted by molar-refractivity contribution is 0.322. The Labute approximate surface area is 88.0 Å². The van der Waals surface area contributed by atoms with Gasteiger partial charge in [0.15, 0.2) is 0 Å². The standard InChI is InChI=1S/C13H23N/c1-3-10(2)8-14-9-13-7-11-4-5-12(13)6-11/h11-14H,2-9H2,1H3. The Kier molecular flexibility index (Phi) is 3.27. The molecule has 0 saturated heterocycles. The van der Waals surface area contributed by atoms with E-state index < -0.39 is 0 Å². The molecule has 1 nitrogen and oxygen atoms in total. The second-order valence-electron chi connectivity index (χ2n) is 5.17. The first-order valence-corrected chi connectivity index (χ1v) is 6.17. The Bertz CT molecular complexity index is 209. The van der Waals surface area contributed by atoms with E-state index in [1.54, 1.807) is 0 Å². The van der Waals surface area contributed by atoms with Crippen LogP contribution in [0.4, 0.5) is 0 Å². The molecular formula is C13H23N. The Morgan fingerprint density at radius 3 is 2.79 bits per heavy atom. The SMILES string of the molecule is C=C(CC)CNCC1CC2CCC1C2. The molecule has 2 aliphatic carbocycles. The van der Waals surface area contributed by atoms with Gasteiger partial charge in [0, 0.05) is 6.54 Å². The zero-order chi connectivity index (χ0) is 9.97. The summed E-state index contributed by atoms with van der Waals surface area (Å²) in [5, 5.41) is 3.56. The summed E-state index contributed by atoms with van der Waals surface area (Å²) in [5.74, 6) is 3.13. The smallest absolute Gasteiger partial charge is 0.0161 e. The fourth-order valence-electron chi connectivity index (χ4n) is 3.19. The van der Waals surface area contributed by atoms with Gasteiger partial charge >= 0.3 is 0 Å². The molecule has 80 valence electrons. The van der Waals surface area contributed by atoms with Gasteiger partial charge in [-0.1, -0.05) is 25.5 Å². The summed E-state index contributed by atoms with van der Waals surface area (Å²) >= 11 is 0. The van der Waals surface area contributed by atoms with Gasteiger partial charge in [-0.05, 0) is 50.0 Å². The number of fused-ring (bicyclic) bond motifs is 2. The molecule has 0 radical (unpaired) electrons. The molecule has 0 aromatic rings. The van der Waals surface area contributed by atoms with E-state index in [0.717, 1.165) is 30.7 Å². The highest BCUT2D eigenvalue weighted by molar-refractivity contribution is 4.96. The quantitative estimate of drug-likeness (QED) is 0.662. The fraction of sp³-hybridized carbons (Fsp3) is 0.846. The molecule has 1 heteroatoms. The highest BCUT2D eigenvalue weighted by Crippen LogP contribution is 2.47. The first-order valence-electron chi connectivity index (χ1n) is 6.17. The predicted octanol–water partition coefficient (Wildman–Crippen LogP) is 2.98. The third-order valence-electron chi connectivity index (χ3n) is 4.17. The van der Waals surface area contributed by atoms with Crippen molar-refractivity contribution in [3.05, 3.63) is 12.2 Å². The largest absolute Gasteiger partial charge is 0.313 e. The van der Waals surface area contributed by atoms with E-state index in [1.165, 1.54) is 37.8 Å². The van der Waals surface area contributed by atoms with Gasteiger partial charge in [0.05, 0.1) is 0 Å². The fourth-order valence-corrected chi connectivity index (χ4v) is 3.19. The summed E-state index contributed by atoms with van der Waals surface area (Å²) in [7, 11) is 0. The van der Waals surface area contributed by atoms with Crippen LogP contribution in [0.3, 0.4) is 0 Å². The zero-order valence-corrected chi connectivity index (χ0v) is 9.39. The van der Waals surface area contributed by atoms with Crippen LogP contribution in [0.1, 0.15) is 39.0 Å². The average molecular weight is 193 g/mol. The van der Waals surface area contributed by atoms with Crippen LogP contribution in [0.15, 0.2) is 12.2 Å². The highest BCUT2D eigenvalue weighted by Gasteiger charge is 2.38. The third-order valence-corrected chi connectivity index (χ3v) is 4.17. The highest BCUT2D eigenvalue weighted by atomic mass is 14.9. The molecule has 0 amide bonds. The van der Waals surface area contributed by atoms with Crippen LogP contribution in [0.2, 0.25) is 0 Å². The van der Waals surface area contributed by atoms with Gasteiger partial charge < -0.3 is 5.32 Å². The maximum Gasteiger partial charge on any atom is 0.0161 e. The summed E-state index contributed by atoms with van der Waals surface area (Å²) in [6.07, 6.45) is 7.16. The van der Waals surface area contributed by atoms with Crippen LogP contribution in [-0.4, -0.2) is 13.1 Å². The summed E-state index contributed by atoms with van der Waals surface area (Å²) in [5.41, 5.74) is 1.34. The number of nitrogens with one attached hydrogen (secondary N) is 1. The van der Waals surface area contributed by atoms with Crippen LogP contribution >= 0.6 is 0 Å². The lowest BCUT2D eigenvalue weighted by Gasteiger charge is -2.22. The molecule has 3 atom stereocenters. The summed E-state index contributed by atoms with van der Waals surface area (Å²) in [6.45, 7) is 8.47. The molecule has 3 unspecified atom stereocenters. The number of hydrogen-bond acceptors (Lipinski definition) is 1. The van der Waals surface area contributed by atoms with Gasteiger partial charge in [-0.25, -0.2) is 0 Å². The molecule has 2 rings (SSSR count). The van der Waals surface area contributed by atoms with Crippen LogP contribution in [-0.2, 0) is 0 Å². The minimum Gasteiger partial charge on any atom is -0.313 e. The maximum absolute atomic E-state index is 4.02. The third kappa shape index (κ3) is 2.20. The topological polar surface area (TPSA) is 12.0 Å². The summed E-state index contributed by atoms with van der Waals surface area (Å²) in [4.78, 5) is 0. The monoisotopic (exact) mass is 193 g/mol. The Morgan fingerprint density at radius 2 is 2.21 bits per heavy atom. The second-order valence-corrected chi connectivity index (χ2v) is 5.17. The van der Waals surface area contributed by atoms with Crippen molar-refractivity contribution in [3.63, 3.8) is 0 Å². The minimum absolute atomic E-state index is 0.985. The van der Waals surface area contributed by atoms with Crippen molar-refractivity contribution in [2.75, 3.05) is 13.1 Å². The lowest BCUT2D eigenvalue weighted by atomic mass is 9.89. The van der Waals surface area contributed by atoms with Crippen molar-refractivity contribution >= 4 is 0 Å². The van der Waals surface area contributed by atoms with Crippen LogP contribution in [0.5, 0.6) is 0 Å². The summed E-state index contributed by atoms with van der Waals surface area (Å²) < 4.78 is 0. The molecule has 0 aromatic heterocycles. The van der Waals surface area contributed by atoms with Crippen LogP contribution in [0, 0.1) is 17.8 Å². The van der Waals surface area contributed by atoms with Gasteiger partial charge in [-0.2, -0.15) is 0 Å². The summed E-state index contributed by atoms with van der Waals surface area (Å²) in [6, 6.07) is 0. The first kappa shape index (κ1) is 10.2. The molecule has 0 aliphatic heterocycles. The molecule has 2 aliphatic rings. The van der Waals surface area contributed by atoms with E-state index in [1.807, 2.05) is 0 Å².